The molecule has 90 valence electrons. The predicted molar refractivity (Wildman–Crippen MR) is 64.5 cm³/mol. The van der Waals surface area contributed by atoms with E-state index >= 15 is 0 Å². The summed E-state index contributed by atoms with van der Waals surface area (Å²) < 4.78 is 5.10. The van der Waals surface area contributed by atoms with E-state index in [1.165, 1.54) is 5.56 Å². The van der Waals surface area contributed by atoms with Gasteiger partial charge in [-0.05, 0) is 17.7 Å². The summed E-state index contributed by atoms with van der Waals surface area (Å²) in [6.45, 7) is 1.53. The lowest BCUT2D eigenvalue weighted by molar-refractivity contribution is 0.414. The molecule has 2 rings (SSSR count). The van der Waals surface area contributed by atoms with Crippen LogP contribution < -0.4 is 10.1 Å². The van der Waals surface area contributed by atoms with Gasteiger partial charge in [-0.2, -0.15) is 15.0 Å². The third-order valence-corrected chi connectivity index (χ3v) is 2.44. The molecular weight excluding hydrogens is 216 g/mol. The number of aryl methyl sites for hydroxylation is 1. The standard InChI is InChI=1S/C12H16N4O/c1-16-14-9-11(15-16)8-13-7-10-3-5-12(17-2)6-4-10/h3-6,9,13H,7-8H2,1-2H3. The summed E-state index contributed by atoms with van der Waals surface area (Å²) in [6, 6.07) is 8.00. The zero-order chi connectivity index (χ0) is 12.1. The molecule has 0 unspecified atom stereocenters. The average molecular weight is 232 g/mol. The van der Waals surface area contributed by atoms with Gasteiger partial charge in [0.15, 0.2) is 0 Å². The highest BCUT2D eigenvalue weighted by atomic mass is 16.5. The maximum atomic E-state index is 5.10. The zero-order valence-electron chi connectivity index (χ0n) is 10.1. The summed E-state index contributed by atoms with van der Waals surface area (Å²) in [5, 5.41) is 11.5. The molecule has 0 fully saturated rings. The highest BCUT2D eigenvalue weighted by Crippen LogP contribution is 2.10. The SMILES string of the molecule is COc1ccc(CNCc2cnn(C)n2)cc1. The van der Waals surface area contributed by atoms with Crippen LogP contribution in [0.3, 0.4) is 0 Å². The van der Waals surface area contributed by atoms with Crippen LogP contribution in [0, 0.1) is 0 Å². The Morgan fingerprint density at radius 3 is 2.59 bits per heavy atom. The Morgan fingerprint density at radius 1 is 1.24 bits per heavy atom. The summed E-state index contributed by atoms with van der Waals surface area (Å²) in [7, 11) is 3.48. The lowest BCUT2D eigenvalue weighted by Crippen LogP contribution is -2.13. The minimum Gasteiger partial charge on any atom is -0.497 e. The van der Waals surface area contributed by atoms with Crippen molar-refractivity contribution in [1.29, 1.82) is 0 Å². The molecule has 0 aliphatic rings. The molecule has 1 aromatic heterocycles. The van der Waals surface area contributed by atoms with E-state index in [-0.39, 0.29) is 0 Å². The predicted octanol–water partition coefficient (Wildman–Crippen LogP) is 1.11. The molecule has 0 atom stereocenters. The van der Waals surface area contributed by atoms with Gasteiger partial charge < -0.3 is 10.1 Å². The molecule has 0 amide bonds. The number of hydrogen-bond acceptors (Lipinski definition) is 4. The molecule has 1 aromatic carbocycles. The second-order valence-corrected chi connectivity index (χ2v) is 3.78. The Labute approximate surface area is 100 Å². The van der Waals surface area contributed by atoms with E-state index in [1.54, 1.807) is 18.1 Å². The van der Waals surface area contributed by atoms with Crippen molar-refractivity contribution in [1.82, 2.24) is 20.3 Å². The van der Waals surface area contributed by atoms with Crippen molar-refractivity contribution in [2.45, 2.75) is 13.1 Å². The fourth-order valence-electron chi connectivity index (χ4n) is 1.55. The van der Waals surface area contributed by atoms with Gasteiger partial charge in [-0.15, -0.1) is 0 Å². The molecule has 0 saturated heterocycles. The Bertz CT molecular complexity index is 464. The minimum atomic E-state index is 0.722. The molecule has 1 heterocycles. The van der Waals surface area contributed by atoms with Crippen molar-refractivity contribution in [3.05, 3.63) is 41.7 Å². The number of rotatable bonds is 5. The van der Waals surface area contributed by atoms with Crippen molar-refractivity contribution in [3.63, 3.8) is 0 Å². The molecule has 1 N–H and O–H groups in total. The van der Waals surface area contributed by atoms with Gasteiger partial charge in [0.2, 0.25) is 0 Å². The fraction of sp³-hybridized carbons (Fsp3) is 0.333. The molecule has 17 heavy (non-hydrogen) atoms. The highest BCUT2D eigenvalue weighted by molar-refractivity contribution is 5.26. The van der Waals surface area contributed by atoms with Crippen LogP contribution in [0.15, 0.2) is 30.5 Å². The summed E-state index contributed by atoms with van der Waals surface area (Å²) >= 11 is 0. The molecule has 5 nitrogen and oxygen atoms in total. The van der Waals surface area contributed by atoms with Crippen LogP contribution in [0.25, 0.3) is 0 Å². The molecule has 0 aliphatic carbocycles. The fourth-order valence-corrected chi connectivity index (χ4v) is 1.55. The monoisotopic (exact) mass is 232 g/mol. The van der Waals surface area contributed by atoms with Crippen molar-refractivity contribution < 1.29 is 4.74 Å². The van der Waals surface area contributed by atoms with Crippen molar-refractivity contribution in [2.75, 3.05) is 7.11 Å². The summed E-state index contributed by atoms with van der Waals surface area (Å²) in [6.07, 6.45) is 1.76. The zero-order valence-corrected chi connectivity index (χ0v) is 10.1. The van der Waals surface area contributed by atoms with E-state index in [2.05, 4.69) is 15.5 Å². The maximum Gasteiger partial charge on any atom is 0.118 e. The Kier molecular flexibility index (Phi) is 3.72. The molecule has 0 aliphatic heterocycles. The topological polar surface area (TPSA) is 52.0 Å². The van der Waals surface area contributed by atoms with Gasteiger partial charge in [-0.25, -0.2) is 0 Å². The van der Waals surface area contributed by atoms with Crippen LogP contribution in [0.5, 0.6) is 5.75 Å². The average Bonchev–Trinajstić information content (AvgIpc) is 2.76. The van der Waals surface area contributed by atoms with Crippen LogP contribution in [-0.2, 0) is 20.1 Å². The lowest BCUT2D eigenvalue weighted by atomic mass is 10.2. The van der Waals surface area contributed by atoms with E-state index in [0.29, 0.717) is 0 Å². The van der Waals surface area contributed by atoms with Crippen LogP contribution in [0.2, 0.25) is 0 Å². The van der Waals surface area contributed by atoms with Gasteiger partial charge in [0, 0.05) is 20.1 Å². The van der Waals surface area contributed by atoms with Crippen LogP contribution in [0.1, 0.15) is 11.3 Å². The number of benzene rings is 1. The third kappa shape index (κ3) is 3.29. The van der Waals surface area contributed by atoms with Crippen molar-refractivity contribution >= 4 is 0 Å². The van der Waals surface area contributed by atoms with E-state index in [4.69, 9.17) is 4.74 Å². The Balaban J connectivity index is 1.81. The lowest BCUT2D eigenvalue weighted by Gasteiger charge is -2.04. The van der Waals surface area contributed by atoms with Crippen LogP contribution in [0.4, 0.5) is 0 Å². The van der Waals surface area contributed by atoms with Crippen molar-refractivity contribution in [2.24, 2.45) is 7.05 Å². The summed E-state index contributed by atoms with van der Waals surface area (Å²) in [5.74, 6) is 0.877. The van der Waals surface area contributed by atoms with E-state index in [0.717, 1.165) is 24.5 Å². The molecular formula is C12H16N4O. The largest absolute Gasteiger partial charge is 0.497 e. The van der Waals surface area contributed by atoms with Crippen LogP contribution in [-0.4, -0.2) is 22.1 Å². The molecule has 0 spiro atoms. The first-order valence-electron chi connectivity index (χ1n) is 5.47. The normalized spacial score (nSPS) is 10.5. The first kappa shape index (κ1) is 11.6. The van der Waals surface area contributed by atoms with E-state index < -0.39 is 0 Å². The van der Waals surface area contributed by atoms with E-state index in [1.807, 2.05) is 31.3 Å². The smallest absolute Gasteiger partial charge is 0.118 e. The Morgan fingerprint density at radius 2 is 2.00 bits per heavy atom. The number of methoxy groups -OCH3 is 1. The first-order valence-corrected chi connectivity index (χ1v) is 5.47. The number of aromatic nitrogens is 3. The highest BCUT2D eigenvalue weighted by Gasteiger charge is 1.98. The second kappa shape index (κ2) is 5.45. The Hall–Kier alpha value is -1.88. The maximum absolute atomic E-state index is 5.10. The van der Waals surface area contributed by atoms with Gasteiger partial charge in [-0.3, -0.25) is 0 Å². The number of nitrogens with one attached hydrogen (secondary N) is 1. The quantitative estimate of drug-likeness (QED) is 0.839. The summed E-state index contributed by atoms with van der Waals surface area (Å²) in [4.78, 5) is 1.56. The molecule has 0 saturated carbocycles. The third-order valence-electron chi connectivity index (χ3n) is 2.44. The van der Waals surface area contributed by atoms with Gasteiger partial charge in [0.25, 0.3) is 0 Å². The first-order chi connectivity index (χ1) is 8.28. The van der Waals surface area contributed by atoms with Gasteiger partial charge >= 0.3 is 0 Å². The van der Waals surface area contributed by atoms with Gasteiger partial charge in [-0.1, -0.05) is 12.1 Å². The van der Waals surface area contributed by atoms with E-state index in [9.17, 15) is 0 Å². The van der Waals surface area contributed by atoms with Crippen molar-refractivity contribution in [3.8, 4) is 5.75 Å². The molecule has 2 aromatic rings. The van der Waals surface area contributed by atoms with Gasteiger partial charge in [0.1, 0.15) is 5.75 Å². The van der Waals surface area contributed by atoms with Gasteiger partial charge in [0.05, 0.1) is 19.0 Å². The molecule has 0 radical (unpaired) electrons. The van der Waals surface area contributed by atoms with Crippen LogP contribution >= 0.6 is 0 Å². The molecule has 0 bridgehead atoms. The summed E-state index contributed by atoms with van der Waals surface area (Å²) in [5.41, 5.74) is 2.16. The second-order valence-electron chi connectivity index (χ2n) is 3.78. The minimum absolute atomic E-state index is 0.722. The number of nitrogens with zero attached hydrogens (tertiary/aromatic N) is 3. The molecule has 5 heteroatoms. The number of ether oxygens (including phenoxy) is 1. The number of hydrogen-bond donors (Lipinski definition) is 1.